The van der Waals surface area contributed by atoms with Crippen molar-refractivity contribution in [3.8, 4) is 17.2 Å². The van der Waals surface area contributed by atoms with Crippen molar-refractivity contribution in [2.75, 3.05) is 21.3 Å². The molecule has 1 heterocycles. The highest BCUT2D eigenvalue weighted by Crippen LogP contribution is 2.42. The Morgan fingerprint density at radius 2 is 1.09 bits per heavy atom. The van der Waals surface area contributed by atoms with E-state index in [0.29, 0.717) is 13.2 Å². The van der Waals surface area contributed by atoms with Crippen LogP contribution in [0.1, 0.15) is 33.4 Å². The SMILES string of the molecule is COc1ccc(C(=C2c3ccccc3COCc3cc(OC)ccc32)c2ccc(OC)cc2)cc1. The Balaban J connectivity index is 1.88. The Hall–Kier alpha value is -4.02. The third kappa shape index (κ3) is 4.53. The second-order valence-corrected chi connectivity index (χ2v) is 8.38. The van der Waals surface area contributed by atoms with Gasteiger partial charge in [-0.25, -0.2) is 0 Å². The third-order valence-electron chi connectivity index (χ3n) is 6.39. The number of fused-ring (bicyclic) bond motifs is 2. The minimum Gasteiger partial charge on any atom is -0.497 e. The van der Waals surface area contributed by atoms with Gasteiger partial charge in [0.15, 0.2) is 0 Å². The van der Waals surface area contributed by atoms with Crippen LogP contribution in [0.25, 0.3) is 11.1 Å². The normalized spacial score (nSPS) is 12.6. The minimum absolute atomic E-state index is 0.503. The largest absolute Gasteiger partial charge is 0.497 e. The summed E-state index contributed by atoms with van der Waals surface area (Å²) >= 11 is 0. The molecule has 176 valence electrons. The van der Waals surface area contributed by atoms with E-state index in [1.165, 1.54) is 0 Å². The van der Waals surface area contributed by atoms with Gasteiger partial charge in [0.2, 0.25) is 0 Å². The molecule has 0 fully saturated rings. The van der Waals surface area contributed by atoms with Crippen LogP contribution in [0.2, 0.25) is 0 Å². The molecule has 1 aliphatic heterocycles. The molecule has 0 aromatic heterocycles. The van der Waals surface area contributed by atoms with Gasteiger partial charge in [-0.15, -0.1) is 0 Å². The highest BCUT2D eigenvalue weighted by atomic mass is 16.5. The van der Waals surface area contributed by atoms with Crippen LogP contribution in [0.5, 0.6) is 17.2 Å². The van der Waals surface area contributed by atoms with E-state index in [0.717, 1.165) is 61.8 Å². The fraction of sp³-hybridized carbons (Fsp3) is 0.161. The van der Waals surface area contributed by atoms with Gasteiger partial charge in [0.25, 0.3) is 0 Å². The molecule has 0 aliphatic carbocycles. The molecule has 0 atom stereocenters. The third-order valence-corrected chi connectivity index (χ3v) is 6.39. The topological polar surface area (TPSA) is 36.9 Å². The van der Waals surface area contributed by atoms with Gasteiger partial charge in [-0.2, -0.15) is 0 Å². The van der Waals surface area contributed by atoms with Gasteiger partial charge in [-0.3, -0.25) is 0 Å². The van der Waals surface area contributed by atoms with Gasteiger partial charge in [0, 0.05) is 0 Å². The van der Waals surface area contributed by atoms with Gasteiger partial charge < -0.3 is 18.9 Å². The zero-order valence-electron chi connectivity index (χ0n) is 20.2. The van der Waals surface area contributed by atoms with Crippen LogP contribution >= 0.6 is 0 Å². The smallest absolute Gasteiger partial charge is 0.119 e. The Labute approximate surface area is 206 Å². The molecule has 0 saturated heterocycles. The lowest BCUT2D eigenvalue weighted by molar-refractivity contribution is 0.106. The fourth-order valence-electron chi connectivity index (χ4n) is 4.61. The van der Waals surface area contributed by atoms with Crippen LogP contribution in [0.15, 0.2) is 91.0 Å². The number of hydrogen-bond donors (Lipinski definition) is 0. The average molecular weight is 465 g/mol. The minimum atomic E-state index is 0.503. The quantitative estimate of drug-likeness (QED) is 0.327. The Morgan fingerprint density at radius 1 is 0.571 bits per heavy atom. The summed E-state index contributed by atoms with van der Waals surface area (Å²) in [4.78, 5) is 0. The van der Waals surface area contributed by atoms with Crippen LogP contribution in [-0.4, -0.2) is 21.3 Å². The lowest BCUT2D eigenvalue weighted by Gasteiger charge is -2.25. The molecule has 0 spiro atoms. The van der Waals surface area contributed by atoms with E-state index < -0.39 is 0 Å². The van der Waals surface area contributed by atoms with Crippen LogP contribution in [-0.2, 0) is 18.0 Å². The second kappa shape index (κ2) is 10.1. The molecule has 0 saturated carbocycles. The van der Waals surface area contributed by atoms with Gasteiger partial charge >= 0.3 is 0 Å². The maximum absolute atomic E-state index is 6.12. The zero-order chi connectivity index (χ0) is 24.2. The molecule has 0 N–H and O–H groups in total. The number of methoxy groups -OCH3 is 3. The Morgan fingerprint density at radius 3 is 1.69 bits per heavy atom. The van der Waals surface area contributed by atoms with Crippen molar-refractivity contribution in [2.24, 2.45) is 0 Å². The van der Waals surface area contributed by atoms with Crippen LogP contribution in [0.3, 0.4) is 0 Å². The molecule has 0 amide bonds. The summed E-state index contributed by atoms with van der Waals surface area (Å²) < 4.78 is 22.5. The number of benzene rings is 4. The van der Waals surface area contributed by atoms with E-state index in [9.17, 15) is 0 Å². The Bertz CT molecular complexity index is 1300. The van der Waals surface area contributed by atoms with Crippen LogP contribution in [0.4, 0.5) is 0 Å². The molecule has 4 aromatic rings. The molecule has 1 aliphatic rings. The Kier molecular flexibility index (Phi) is 6.55. The van der Waals surface area contributed by atoms with Crippen molar-refractivity contribution >= 4 is 11.1 Å². The first-order valence-electron chi connectivity index (χ1n) is 11.6. The van der Waals surface area contributed by atoms with E-state index in [4.69, 9.17) is 18.9 Å². The molecular weight excluding hydrogens is 436 g/mol. The molecule has 4 nitrogen and oxygen atoms in total. The van der Waals surface area contributed by atoms with Crippen molar-refractivity contribution in [1.82, 2.24) is 0 Å². The molecule has 35 heavy (non-hydrogen) atoms. The van der Waals surface area contributed by atoms with Crippen molar-refractivity contribution in [1.29, 1.82) is 0 Å². The maximum atomic E-state index is 6.12. The van der Waals surface area contributed by atoms with Crippen molar-refractivity contribution in [2.45, 2.75) is 13.2 Å². The van der Waals surface area contributed by atoms with E-state index in [-0.39, 0.29) is 0 Å². The summed E-state index contributed by atoms with van der Waals surface area (Å²) in [5.41, 5.74) is 9.03. The predicted octanol–water partition coefficient (Wildman–Crippen LogP) is 6.75. The lowest BCUT2D eigenvalue weighted by atomic mass is 9.82. The van der Waals surface area contributed by atoms with Crippen LogP contribution < -0.4 is 14.2 Å². The maximum Gasteiger partial charge on any atom is 0.119 e. The molecule has 4 aromatic carbocycles. The van der Waals surface area contributed by atoms with Crippen molar-refractivity contribution in [3.05, 3.63) is 124 Å². The number of ether oxygens (including phenoxy) is 4. The summed E-state index contributed by atoms with van der Waals surface area (Å²) in [5, 5.41) is 0. The van der Waals surface area contributed by atoms with Crippen molar-refractivity contribution < 1.29 is 18.9 Å². The first kappa shape index (κ1) is 22.8. The van der Waals surface area contributed by atoms with E-state index in [1.807, 2.05) is 30.3 Å². The monoisotopic (exact) mass is 464 g/mol. The lowest BCUT2D eigenvalue weighted by Crippen LogP contribution is -2.09. The molecule has 0 unspecified atom stereocenters. The van der Waals surface area contributed by atoms with E-state index >= 15 is 0 Å². The van der Waals surface area contributed by atoms with Gasteiger partial charge in [-0.1, -0.05) is 54.6 Å². The standard InChI is InChI=1S/C31H28O4/c1-32-25-12-8-21(9-13-25)30(22-10-14-26(33-2)15-11-22)31-28-7-5-4-6-23(28)19-35-20-24-18-27(34-3)16-17-29(24)31/h4-18H,19-20H2,1-3H3. The average Bonchev–Trinajstić information content (AvgIpc) is 2.91. The first-order valence-corrected chi connectivity index (χ1v) is 11.6. The molecule has 4 heteroatoms. The van der Waals surface area contributed by atoms with E-state index in [2.05, 4.69) is 60.7 Å². The number of hydrogen-bond acceptors (Lipinski definition) is 4. The predicted molar refractivity (Wildman–Crippen MR) is 139 cm³/mol. The summed E-state index contributed by atoms with van der Waals surface area (Å²) in [6.07, 6.45) is 0. The number of rotatable bonds is 5. The summed E-state index contributed by atoms with van der Waals surface area (Å²) in [5.74, 6) is 2.46. The molecular formula is C31H28O4. The van der Waals surface area contributed by atoms with Crippen molar-refractivity contribution in [3.63, 3.8) is 0 Å². The first-order chi connectivity index (χ1) is 17.2. The highest BCUT2D eigenvalue weighted by Gasteiger charge is 2.23. The highest BCUT2D eigenvalue weighted by molar-refractivity contribution is 6.05. The van der Waals surface area contributed by atoms with Gasteiger partial charge in [0.1, 0.15) is 17.2 Å². The molecule has 5 rings (SSSR count). The molecule has 0 radical (unpaired) electrons. The molecule has 0 bridgehead atoms. The van der Waals surface area contributed by atoms with Gasteiger partial charge in [-0.05, 0) is 80.9 Å². The zero-order valence-corrected chi connectivity index (χ0v) is 20.2. The summed E-state index contributed by atoms with van der Waals surface area (Å²) in [7, 11) is 5.07. The summed E-state index contributed by atoms with van der Waals surface area (Å²) in [6.45, 7) is 1.04. The van der Waals surface area contributed by atoms with Crippen LogP contribution in [0, 0.1) is 0 Å². The fourth-order valence-corrected chi connectivity index (χ4v) is 4.61. The van der Waals surface area contributed by atoms with Gasteiger partial charge in [0.05, 0.1) is 34.5 Å². The summed E-state index contributed by atoms with van der Waals surface area (Å²) in [6, 6.07) is 31.2. The van der Waals surface area contributed by atoms with E-state index in [1.54, 1.807) is 21.3 Å². The second-order valence-electron chi connectivity index (χ2n) is 8.38.